The molecule has 5 nitrogen and oxygen atoms in total. The highest BCUT2D eigenvalue weighted by Crippen LogP contribution is 2.32. The predicted octanol–water partition coefficient (Wildman–Crippen LogP) is 2.36. The minimum absolute atomic E-state index is 0.0325. The topological polar surface area (TPSA) is 79.3 Å². The Labute approximate surface area is 119 Å². The van der Waals surface area contributed by atoms with Crippen LogP contribution in [0.1, 0.15) is 42.6 Å². The lowest BCUT2D eigenvalue weighted by atomic mass is 9.93. The Morgan fingerprint density at radius 1 is 1.37 bits per heavy atom. The fourth-order valence-corrected chi connectivity index (χ4v) is 2.74. The molecule has 1 amide bonds. The number of carboxylic acids is 1. The Morgan fingerprint density at radius 2 is 2.05 bits per heavy atom. The molecule has 0 spiro atoms. The standard InChI is InChI=1S/C13H15BrN2O3/c14-9-3-4-10(15-8-9)12(19)16-13(7-11(17)18)5-1-2-6-13/h3-4,8H,1-2,5-7H2,(H,16,19)(H,17,18). The van der Waals surface area contributed by atoms with Crippen molar-refractivity contribution in [2.75, 3.05) is 0 Å². The van der Waals surface area contributed by atoms with Gasteiger partial charge in [-0.25, -0.2) is 4.98 Å². The first-order valence-electron chi connectivity index (χ1n) is 6.17. The number of hydrogen-bond donors (Lipinski definition) is 2. The molecular formula is C13H15BrN2O3. The summed E-state index contributed by atoms with van der Waals surface area (Å²) < 4.78 is 0.796. The molecule has 1 aliphatic carbocycles. The molecule has 0 atom stereocenters. The molecule has 19 heavy (non-hydrogen) atoms. The van der Waals surface area contributed by atoms with E-state index in [0.29, 0.717) is 18.5 Å². The molecule has 0 bridgehead atoms. The SMILES string of the molecule is O=C(O)CC1(NC(=O)c2ccc(Br)cn2)CCCC1. The maximum absolute atomic E-state index is 12.1. The molecule has 6 heteroatoms. The van der Waals surface area contributed by atoms with Crippen LogP contribution in [0.5, 0.6) is 0 Å². The van der Waals surface area contributed by atoms with E-state index in [2.05, 4.69) is 26.2 Å². The fraction of sp³-hybridized carbons (Fsp3) is 0.462. The second-order valence-corrected chi connectivity index (χ2v) is 5.79. The number of aromatic nitrogens is 1. The smallest absolute Gasteiger partial charge is 0.305 e. The number of carbonyl (C=O) groups is 2. The van der Waals surface area contributed by atoms with Gasteiger partial charge < -0.3 is 10.4 Å². The molecule has 1 heterocycles. The van der Waals surface area contributed by atoms with Crippen LogP contribution in [0.2, 0.25) is 0 Å². The summed E-state index contributed by atoms with van der Waals surface area (Å²) in [6.45, 7) is 0. The highest BCUT2D eigenvalue weighted by atomic mass is 79.9. The van der Waals surface area contributed by atoms with Crippen LogP contribution in [-0.2, 0) is 4.79 Å². The van der Waals surface area contributed by atoms with E-state index in [9.17, 15) is 9.59 Å². The number of hydrogen-bond acceptors (Lipinski definition) is 3. The largest absolute Gasteiger partial charge is 0.481 e. The average Bonchev–Trinajstić information content (AvgIpc) is 2.77. The Kier molecular flexibility index (Phi) is 4.19. The summed E-state index contributed by atoms with van der Waals surface area (Å²) in [5.41, 5.74) is -0.308. The molecule has 0 aromatic carbocycles. The number of nitrogens with zero attached hydrogens (tertiary/aromatic N) is 1. The first-order chi connectivity index (χ1) is 9.01. The third-order valence-electron chi connectivity index (χ3n) is 3.39. The number of aliphatic carboxylic acids is 1. The minimum Gasteiger partial charge on any atom is -0.481 e. The Bertz CT molecular complexity index is 481. The van der Waals surface area contributed by atoms with Gasteiger partial charge in [0.2, 0.25) is 0 Å². The Hall–Kier alpha value is -1.43. The van der Waals surface area contributed by atoms with Crippen LogP contribution >= 0.6 is 15.9 Å². The van der Waals surface area contributed by atoms with Crippen LogP contribution in [0, 0.1) is 0 Å². The Balaban J connectivity index is 2.11. The van der Waals surface area contributed by atoms with E-state index in [1.807, 2.05) is 0 Å². The van der Waals surface area contributed by atoms with Crippen molar-refractivity contribution in [1.29, 1.82) is 0 Å². The highest BCUT2D eigenvalue weighted by Gasteiger charge is 2.37. The molecule has 0 unspecified atom stereocenters. The molecule has 2 N–H and O–H groups in total. The van der Waals surface area contributed by atoms with Crippen molar-refractivity contribution in [2.45, 2.75) is 37.6 Å². The third kappa shape index (κ3) is 3.53. The molecule has 1 aromatic rings. The molecule has 1 saturated carbocycles. The van der Waals surface area contributed by atoms with Crippen molar-refractivity contribution in [2.24, 2.45) is 0 Å². The second kappa shape index (κ2) is 5.69. The maximum atomic E-state index is 12.1. The van der Waals surface area contributed by atoms with Gasteiger partial charge in [-0.05, 0) is 40.9 Å². The number of amides is 1. The first kappa shape index (κ1) is 14.0. The monoisotopic (exact) mass is 326 g/mol. The Morgan fingerprint density at radius 3 is 2.58 bits per heavy atom. The van der Waals surface area contributed by atoms with Gasteiger partial charge in [-0.3, -0.25) is 9.59 Å². The summed E-state index contributed by atoms with van der Waals surface area (Å²) in [5.74, 6) is -1.19. The highest BCUT2D eigenvalue weighted by molar-refractivity contribution is 9.10. The normalized spacial score (nSPS) is 17.1. The summed E-state index contributed by atoms with van der Waals surface area (Å²) in [5, 5.41) is 11.8. The van der Waals surface area contributed by atoms with Crippen molar-refractivity contribution >= 4 is 27.8 Å². The van der Waals surface area contributed by atoms with Crippen LogP contribution in [0.25, 0.3) is 0 Å². The number of halogens is 1. The number of rotatable bonds is 4. The fourth-order valence-electron chi connectivity index (χ4n) is 2.50. The van der Waals surface area contributed by atoms with E-state index < -0.39 is 11.5 Å². The third-order valence-corrected chi connectivity index (χ3v) is 3.86. The van der Waals surface area contributed by atoms with E-state index in [1.165, 1.54) is 0 Å². The maximum Gasteiger partial charge on any atom is 0.305 e. The van der Waals surface area contributed by atoms with Crippen molar-refractivity contribution in [3.63, 3.8) is 0 Å². The zero-order valence-electron chi connectivity index (χ0n) is 10.4. The zero-order chi connectivity index (χ0) is 13.9. The van der Waals surface area contributed by atoms with Gasteiger partial charge in [0, 0.05) is 10.7 Å². The summed E-state index contributed by atoms with van der Waals surface area (Å²) in [6.07, 6.45) is 4.83. The molecular weight excluding hydrogens is 312 g/mol. The van der Waals surface area contributed by atoms with Crippen LogP contribution in [0.4, 0.5) is 0 Å². The summed E-state index contributed by atoms with van der Waals surface area (Å²) >= 11 is 3.25. The average molecular weight is 327 g/mol. The lowest BCUT2D eigenvalue weighted by Gasteiger charge is -2.28. The van der Waals surface area contributed by atoms with Crippen LogP contribution < -0.4 is 5.32 Å². The molecule has 1 aromatic heterocycles. The van der Waals surface area contributed by atoms with Crippen LogP contribution in [-0.4, -0.2) is 27.5 Å². The van der Waals surface area contributed by atoms with Gasteiger partial charge in [-0.15, -0.1) is 0 Å². The van der Waals surface area contributed by atoms with Crippen LogP contribution in [0.15, 0.2) is 22.8 Å². The quantitative estimate of drug-likeness (QED) is 0.890. The van der Waals surface area contributed by atoms with Gasteiger partial charge >= 0.3 is 5.97 Å². The van der Waals surface area contributed by atoms with Gasteiger partial charge in [0.1, 0.15) is 5.69 Å². The number of pyridine rings is 1. The van der Waals surface area contributed by atoms with Crippen LogP contribution in [0.3, 0.4) is 0 Å². The molecule has 1 aliphatic rings. The van der Waals surface area contributed by atoms with E-state index in [-0.39, 0.29) is 12.3 Å². The van der Waals surface area contributed by atoms with Crippen molar-refractivity contribution in [3.8, 4) is 0 Å². The number of nitrogens with one attached hydrogen (secondary N) is 1. The van der Waals surface area contributed by atoms with Gasteiger partial charge in [-0.2, -0.15) is 0 Å². The zero-order valence-corrected chi connectivity index (χ0v) is 11.9. The van der Waals surface area contributed by atoms with E-state index >= 15 is 0 Å². The van der Waals surface area contributed by atoms with Gasteiger partial charge in [0.25, 0.3) is 5.91 Å². The molecule has 0 saturated heterocycles. The summed E-state index contributed by atoms with van der Waals surface area (Å²) in [7, 11) is 0. The van der Waals surface area contributed by atoms with Crippen molar-refractivity contribution in [1.82, 2.24) is 10.3 Å². The van der Waals surface area contributed by atoms with Gasteiger partial charge in [-0.1, -0.05) is 12.8 Å². The molecule has 1 fully saturated rings. The molecule has 0 aliphatic heterocycles. The lowest BCUT2D eigenvalue weighted by molar-refractivity contribution is -0.138. The summed E-state index contributed by atoms with van der Waals surface area (Å²) in [6, 6.07) is 3.35. The summed E-state index contributed by atoms with van der Waals surface area (Å²) in [4.78, 5) is 27.1. The van der Waals surface area contributed by atoms with Crippen molar-refractivity contribution in [3.05, 3.63) is 28.5 Å². The predicted molar refractivity (Wildman–Crippen MR) is 72.9 cm³/mol. The van der Waals surface area contributed by atoms with Gasteiger partial charge in [0.05, 0.1) is 12.0 Å². The molecule has 2 rings (SSSR count). The minimum atomic E-state index is -0.883. The first-order valence-corrected chi connectivity index (χ1v) is 6.96. The van der Waals surface area contributed by atoms with E-state index in [0.717, 1.165) is 17.3 Å². The van der Waals surface area contributed by atoms with E-state index in [4.69, 9.17) is 5.11 Å². The molecule has 102 valence electrons. The number of carboxylic acid groups (broad SMARTS) is 1. The van der Waals surface area contributed by atoms with Crippen molar-refractivity contribution < 1.29 is 14.7 Å². The molecule has 0 radical (unpaired) electrons. The second-order valence-electron chi connectivity index (χ2n) is 4.87. The number of carbonyl (C=O) groups excluding carboxylic acids is 1. The van der Waals surface area contributed by atoms with Gasteiger partial charge in [0.15, 0.2) is 0 Å². The lowest BCUT2D eigenvalue weighted by Crippen LogP contribution is -2.48. The van der Waals surface area contributed by atoms with E-state index in [1.54, 1.807) is 18.3 Å².